The molecule has 3 rings (SSSR count). The van der Waals surface area contributed by atoms with Gasteiger partial charge in [-0.15, -0.1) is 0 Å². The predicted octanol–water partition coefficient (Wildman–Crippen LogP) is 2.51. The van der Waals surface area contributed by atoms with Crippen LogP contribution in [0.4, 0.5) is 0 Å². The first-order valence-electron chi connectivity index (χ1n) is 8.68. The molecule has 5 nitrogen and oxygen atoms in total. The van der Waals surface area contributed by atoms with Crippen LogP contribution < -0.4 is 0 Å². The maximum atomic E-state index is 12.3. The molecule has 0 aromatic heterocycles. The maximum Gasteiger partial charge on any atom is 0.251 e. The first kappa shape index (κ1) is 18.0. The average molecular weight is 363 g/mol. The minimum absolute atomic E-state index is 0.0408. The van der Waals surface area contributed by atoms with Crippen LogP contribution in [0.15, 0.2) is 24.3 Å². The number of ether oxygens (including phenoxy) is 1. The summed E-state index contributed by atoms with van der Waals surface area (Å²) in [6.07, 6.45) is 4.81. The molecule has 1 unspecified atom stereocenters. The lowest BCUT2D eigenvalue weighted by atomic mass is 10.1. The Labute approximate surface area is 153 Å². The van der Waals surface area contributed by atoms with Crippen LogP contribution in [0.5, 0.6) is 0 Å². The number of nitrogens with zero attached hydrogens (tertiary/aromatic N) is 2. The van der Waals surface area contributed by atoms with Crippen molar-refractivity contribution < 1.29 is 14.3 Å². The first-order valence-corrected chi connectivity index (χ1v) is 9.06. The predicted molar refractivity (Wildman–Crippen MR) is 97.4 cm³/mol. The molecular formula is C19H23ClN2O3. The van der Waals surface area contributed by atoms with Gasteiger partial charge in [-0.3, -0.25) is 9.59 Å². The Morgan fingerprint density at radius 3 is 2.56 bits per heavy atom. The summed E-state index contributed by atoms with van der Waals surface area (Å²) in [6.45, 7) is 4.84. The van der Waals surface area contributed by atoms with Crippen molar-refractivity contribution in [1.29, 1.82) is 0 Å². The van der Waals surface area contributed by atoms with E-state index in [-0.39, 0.29) is 17.9 Å². The number of carbonyl (C=O) groups is 2. The highest BCUT2D eigenvalue weighted by Crippen LogP contribution is 2.18. The Kier molecular flexibility index (Phi) is 5.76. The number of aryl methyl sites for hydroxylation is 1. The lowest BCUT2D eigenvalue weighted by Gasteiger charge is -2.35. The molecule has 2 fully saturated rings. The quantitative estimate of drug-likeness (QED) is 0.776. The molecule has 2 saturated heterocycles. The highest BCUT2D eigenvalue weighted by molar-refractivity contribution is 6.31. The van der Waals surface area contributed by atoms with E-state index in [0.29, 0.717) is 37.8 Å². The Morgan fingerprint density at radius 2 is 1.92 bits per heavy atom. The summed E-state index contributed by atoms with van der Waals surface area (Å²) in [6, 6.07) is 5.71. The van der Waals surface area contributed by atoms with Gasteiger partial charge in [0, 0.05) is 43.9 Å². The number of amides is 2. The molecule has 1 aromatic carbocycles. The zero-order chi connectivity index (χ0) is 17.8. The molecule has 134 valence electrons. The van der Waals surface area contributed by atoms with E-state index < -0.39 is 0 Å². The second kappa shape index (κ2) is 8.02. The fourth-order valence-electron chi connectivity index (χ4n) is 3.11. The Bertz CT molecular complexity index is 675. The lowest BCUT2D eigenvalue weighted by molar-refractivity contribution is -0.144. The third kappa shape index (κ3) is 4.41. The highest BCUT2D eigenvalue weighted by atomic mass is 35.5. The van der Waals surface area contributed by atoms with Gasteiger partial charge in [0.2, 0.25) is 5.91 Å². The molecule has 0 N–H and O–H groups in total. The third-order valence-electron chi connectivity index (χ3n) is 4.72. The minimum Gasteiger partial charge on any atom is -0.368 e. The second-order valence-corrected chi connectivity index (χ2v) is 6.90. The largest absolute Gasteiger partial charge is 0.368 e. The fourth-order valence-corrected chi connectivity index (χ4v) is 3.30. The van der Waals surface area contributed by atoms with Gasteiger partial charge in [-0.1, -0.05) is 23.7 Å². The van der Waals surface area contributed by atoms with Crippen LogP contribution in [0.2, 0.25) is 5.02 Å². The van der Waals surface area contributed by atoms with Gasteiger partial charge < -0.3 is 14.5 Å². The van der Waals surface area contributed by atoms with Gasteiger partial charge in [0.15, 0.2) is 0 Å². The molecule has 2 amide bonds. The summed E-state index contributed by atoms with van der Waals surface area (Å²) in [5, 5.41) is 0.691. The van der Waals surface area contributed by atoms with Crippen LogP contribution in [0.1, 0.15) is 24.0 Å². The minimum atomic E-state index is -0.284. The number of benzene rings is 1. The van der Waals surface area contributed by atoms with E-state index in [2.05, 4.69) is 0 Å². The van der Waals surface area contributed by atoms with Gasteiger partial charge in [0.25, 0.3) is 5.91 Å². The summed E-state index contributed by atoms with van der Waals surface area (Å²) in [5.74, 6) is 0.0235. The summed E-state index contributed by atoms with van der Waals surface area (Å²) in [4.78, 5) is 28.2. The van der Waals surface area contributed by atoms with Crippen molar-refractivity contribution in [2.45, 2.75) is 25.9 Å². The van der Waals surface area contributed by atoms with Gasteiger partial charge in [-0.2, -0.15) is 0 Å². The van der Waals surface area contributed by atoms with E-state index in [4.69, 9.17) is 16.3 Å². The monoisotopic (exact) mass is 362 g/mol. The Hall–Kier alpha value is -1.85. The zero-order valence-electron chi connectivity index (χ0n) is 14.4. The second-order valence-electron chi connectivity index (χ2n) is 6.49. The van der Waals surface area contributed by atoms with E-state index in [1.165, 1.54) is 0 Å². The Morgan fingerprint density at radius 1 is 1.20 bits per heavy atom. The number of hydrogen-bond acceptors (Lipinski definition) is 3. The van der Waals surface area contributed by atoms with Crippen molar-refractivity contribution >= 4 is 29.5 Å². The zero-order valence-corrected chi connectivity index (χ0v) is 15.2. The average Bonchev–Trinajstić information content (AvgIpc) is 3.16. The molecule has 0 bridgehead atoms. The molecule has 1 aromatic rings. The summed E-state index contributed by atoms with van der Waals surface area (Å²) in [7, 11) is 0. The van der Waals surface area contributed by atoms with Crippen molar-refractivity contribution in [1.82, 2.24) is 9.80 Å². The molecule has 1 atom stereocenters. The smallest absolute Gasteiger partial charge is 0.251 e. The van der Waals surface area contributed by atoms with Crippen molar-refractivity contribution in [2.75, 3.05) is 32.8 Å². The molecule has 0 spiro atoms. The summed E-state index contributed by atoms with van der Waals surface area (Å²) < 4.78 is 5.45. The Balaban J connectivity index is 1.51. The molecule has 25 heavy (non-hydrogen) atoms. The van der Waals surface area contributed by atoms with Gasteiger partial charge in [-0.25, -0.2) is 0 Å². The van der Waals surface area contributed by atoms with Gasteiger partial charge >= 0.3 is 0 Å². The molecule has 2 aliphatic heterocycles. The molecule has 2 aliphatic rings. The maximum absolute atomic E-state index is 12.3. The van der Waals surface area contributed by atoms with Crippen LogP contribution in [0.3, 0.4) is 0 Å². The highest BCUT2D eigenvalue weighted by Gasteiger charge is 2.30. The van der Waals surface area contributed by atoms with Crippen LogP contribution in [0, 0.1) is 6.92 Å². The van der Waals surface area contributed by atoms with Crippen LogP contribution in [0.25, 0.3) is 6.08 Å². The normalized spacial score (nSPS) is 21.1. The number of piperazine rings is 1. The van der Waals surface area contributed by atoms with Crippen LogP contribution in [-0.4, -0.2) is 60.5 Å². The fraction of sp³-hybridized carbons (Fsp3) is 0.474. The van der Waals surface area contributed by atoms with Crippen molar-refractivity contribution in [3.63, 3.8) is 0 Å². The van der Waals surface area contributed by atoms with Crippen LogP contribution in [-0.2, 0) is 14.3 Å². The third-order valence-corrected chi connectivity index (χ3v) is 5.13. The van der Waals surface area contributed by atoms with E-state index in [1.54, 1.807) is 17.1 Å². The molecule has 0 saturated carbocycles. The first-order chi connectivity index (χ1) is 12.0. The molecular weight excluding hydrogens is 340 g/mol. The van der Waals surface area contributed by atoms with E-state index >= 15 is 0 Å². The molecule has 0 aliphatic carbocycles. The van der Waals surface area contributed by atoms with Crippen LogP contribution >= 0.6 is 11.6 Å². The topological polar surface area (TPSA) is 49.9 Å². The van der Waals surface area contributed by atoms with Crippen molar-refractivity contribution in [3.8, 4) is 0 Å². The van der Waals surface area contributed by atoms with E-state index in [9.17, 15) is 9.59 Å². The molecule has 0 radical (unpaired) electrons. The summed E-state index contributed by atoms with van der Waals surface area (Å²) >= 11 is 6.10. The van der Waals surface area contributed by atoms with Gasteiger partial charge in [0.05, 0.1) is 0 Å². The van der Waals surface area contributed by atoms with Gasteiger partial charge in [-0.05, 0) is 43.0 Å². The SMILES string of the molecule is Cc1ccc(C=CC(=O)N2CCN(C(=O)C3CCCO3)CC2)cc1Cl. The standard InChI is InChI=1S/C19H23ClN2O3/c1-14-4-5-15(13-16(14)20)6-7-18(23)21-8-10-22(11-9-21)19(24)17-3-2-12-25-17/h4-7,13,17H,2-3,8-12H2,1H3. The molecule has 6 heteroatoms. The number of halogens is 1. The summed E-state index contributed by atoms with van der Waals surface area (Å²) in [5.41, 5.74) is 1.91. The van der Waals surface area contributed by atoms with Crippen molar-refractivity contribution in [2.24, 2.45) is 0 Å². The number of hydrogen-bond donors (Lipinski definition) is 0. The molecule has 2 heterocycles. The lowest BCUT2D eigenvalue weighted by Crippen LogP contribution is -2.52. The van der Waals surface area contributed by atoms with Gasteiger partial charge in [0.1, 0.15) is 6.10 Å². The van der Waals surface area contributed by atoms with E-state index in [0.717, 1.165) is 24.0 Å². The van der Waals surface area contributed by atoms with Crippen molar-refractivity contribution in [3.05, 3.63) is 40.4 Å². The number of carbonyl (C=O) groups excluding carboxylic acids is 2. The van der Waals surface area contributed by atoms with E-state index in [1.807, 2.05) is 30.0 Å². The number of rotatable bonds is 3.